The average molecular weight is 226 g/mol. The Balaban J connectivity index is 2.68. The van der Waals surface area contributed by atoms with Crippen LogP contribution >= 0.6 is 0 Å². The van der Waals surface area contributed by atoms with Gasteiger partial charge in [-0.25, -0.2) is 0 Å². The molecule has 0 saturated heterocycles. The van der Waals surface area contributed by atoms with Crippen molar-refractivity contribution in [2.75, 3.05) is 12.4 Å². The van der Waals surface area contributed by atoms with Gasteiger partial charge in [-0.2, -0.15) is 13.2 Å². The predicted octanol–water partition coefficient (Wildman–Crippen LogP) is 3.30. The van der Waals surface area contributed by atoms with Crippen LogP contribution in [0.25, 0.3) is 10.9 Å². The lowest BCUT2D eigenvalue weighted by molar-refractivity contribution is -0.137. The van der Waals surface area contributed by atoms with Crippen molar-refractivity contribution in [2.24, 2.45) is 0 Å². The maximum atomic E-state index is 12.5. The Bertz CT molecular complexity index is 520. The van der Waals surface area contributed by atoms with Crippen LogP contribution in [-0.2, 0) is 6.18 Å². The van der Waals surface area contributed by atoms with Gasteiger partial charge in [0.05, 0.1) is 11.1 Å². The molecular formula is C11H9F3N2. The number of pyridine rings is 1. The number of rotatable bonds is 1. The second-order valence-corrected chi connectivity index (χ2v) is 3.34. The molecule has 1 N–H and O–H groups in total. The van der Waals surface area contributed by atoms with Gasteiger partial charge in [0.15, 0.2) is 0 Å². The molecule has 0 spiro atoms. The van der Waals surface area contributed by atoms with Crippen molar-refractivity contribution in [3.05, 3.63) is 36.0 Å². The number of halogens is 3. The lowest BCUT2D eigenvalue weighted by Crippen LogP contribution is -2.04. The first-order valence-electron chi connectivity index (χ1n) is 4.66. The monoisotopic (exact) mass is 226 g/mol. The van der Waals surface area contributed by atoms with Crippen molar-refractivity contribution in [1.82, 2.24) is 4.98 Å². The van der Waals surface area contributed by atoms with Crippen LogP contribution in [0, 0.1) is 0 Å². The normalized spacial score (nSPS) is 11.8. The molecule has 84 valence electrons. The third-order valence-electron chi connectivity index (χ3n) is 2.34. The van der Waals surface area contributed by atoms with Gasteiger partial charge < -0.3 is 5.32 Å². The standard InChI is InChI=1S/C11H9F3N2/c1-15-9-4-5-16-10-3-2-7(6-8(9)10)11(12,13)14/h2-6H,1H3,(H,15,16). The molecule has 0 aliphatic carbocycles. The summed E-state index contributed by atoms with van der Waals surface area (Å²) in [6.45, 7) is 0. The largest absolute Gasteiger partial charge is 0.416 e. The van der Waals surface area contributed by atoms with Gasteiger partial charge in [0.25, 0.3) is 0 Å². The van der Waals surface area contributed by atoms with E-state index in [1.165, 1.54) is 6.07 Å². The molecule has 1 aromatic carbocycles. The lowest BCUT2D eigenvalue weighted by Gasteiger charge is -2.09. The summed E-state index contributed by atoms with van der Waals surface area (Å²) in [6.07, 6.45) is -2.77. The molecule has 1 heterocycles. The SMILES string of the molecule is CNc1ccnc2ccc(C(F)(F)F)cc12. The predicted molar refractivity (Wildman–Crippen MR) is 56.3 cm³/mol. The number of anilines is 1. The van der Waals surface area contributed by atoms with Crippen molar-refractivity contribution < 1.29 is 13.2 Å². The second-order valence-electron chi connectivity index (χ2n) is 3.34. The molecule has 0 amide bonds. The van der Waals surface area contributed by atoms with E-state index in [-0.39, 0.29) is 0 Å². The van der Waals surface area contributed by atoms with E-state index in [4.69, 9.17) is 0 Å². The Labute approximate surface area is 90.1 Å². The zero-order valence-corrected chi connectivity index (χ0v) is 8.47. The first-order chi connectivity index (χ1) is 7.52. The fourth-order valence-electron chi connectivity index (χ4n) is 1.54. The van der Waals surface area contributed by atoms with Gasteiger partial charge in [0.2, 0.25) is 0 Å². The van der Waals surface area contributed by atoms with E-state index < -0.39 is 11.7 Å². The maximum absolute atomic E-state index is 12.5. The van der Waals surface area contributed by atoms with Crippen molar-refractivity contribution in [1.29, 1.82) is 0 Å². The fourth-order valence-corrected chi connectivity index (χ4v) is 1.54. The van der Waals surface area contributed by atoms with E-state index in [1.807, 2.05) is 0 Å². The van der Waals surface area contributed by atoms with Crippen LogP contribution in [0.1, 0.15) is 5.56 Å². The summed E-state index contributed by atoms with van der Waals surface area (Å²) in [5.41, 5.74) is 0.514. The van der Waals surface area contributed by atoms with Crippen LogP contribution in [0.15, 0.2) is 30.5 Å². The van der Waals surface area contributed by atoms with Gasteiger partial charge >= 0.3 is 6.18 Å². The van der Waals surface area contributed by atoms with Crippen LogP contribution in [0.2, 0.25) is 0 Å². The molecule has 0 saturated carbocycles. The first kappa shape index (κ1) is 10.7. The highest BCUT2D eigenvalue weighted by Crippen LogP contribution is 2.32. The van der Waals surface area contributed by atoms with Gasteiger partial charge in [0.1, 0.15) is 0 Å². The molecule has 0 radical (unpaired) electrons. The molecule has 2 aromatic rings. The highest BCUT2D eigenvalue weighted by molar-refractivity contribution is 5.91. The fraction of sp³-hybridized carbons (Fsp3) is 0.182. The van der Waals surface area contributed by atoms with Gasteiger partial charge in [-0.3, -0.25) is 4.98 Å². The highest BCUT2D eigenvalue weighted by atomic mass is 19.4. The molecule has 5 heteroatoms. The minimum absolute atomic E-state index is 0.472. The number of hydrogen-bond donors (Lipinski definition) is 1. The van der Waals surface area contributed by atoms with Crippen LogP contribution < -0.4 is 5.32 Å². The van der Waals surface area contributed by atoms with Crippen LogP contribution in [0.3, 0.4) is 0 Å². The molecule has 0 fully saturated rings. The molecule has 2 nitrogen and oxygen atoms in total. The third kappa shape index (κ3) is 1.80. The number of alkyl halides is 3. The number of benzene rings is 1. The minimum atomic E-state index is -4.32. The van der Waals surface area contributed by atoms with E-state index in [0.29, 0.717) is 16.6 Å². The zero-order valence-electron chi connectivity index (χ0n) is 8.47. The summed E-state index contributed by atoms with van der Waals surface area (Å²) in [4.78, 5) is 4.01. The molecule has 0 aliphatic rings. The van der Waals surface area contributed by atoms with Crippen molar-refractivity contribution in [3.8, 4) is 0 Å². The minimum Gasteiger partial charge on any atom is -0.388 e. The summed E-state index contributed by atoms with van der Waals surface area (Å²) in [7, 11) is 1.66. The molecule has 16 heavy (non-hydrogen) atoms. The zero-order chi connectivity index (χ0) is 11.8. The Hall–Kier alpha value is -1.78. The molecule has 1 aromatic heterocycles. The van der Waals surface area contributed by atoms with Crippen LogP contribution in [-0.4, -0.2) is 12.0 Å². The Kier molecular flexibility index (Phi) is 2.46. The Morgan fingerprint density at radius 3 is 2.56 bits per heavy atom. The van der Waals surface area contributed by atoms with Crippen LogP contribution in [0.4, 0.5) is 18.9 Å². The van der Waals surface area contributed by atoms with E-state index in [9.17, 15) is 13.2 Å². The van der Waals surface area contributed by atoms with Gasteiger partial charge in [-0.1, -0.05) is 0 Å². The van der Waals surface area contributed by atoms with Crippen molar-refractivity contribution in [3.63, 3.8) is 0 Å². The van der Waals surface area contributed by atoms with E-state index >= 15 is 0 Å². The lowest BCUT2D eigenvalue weighted by atomic mass is 10.1. The van der Waals surface area contributed by atoms with Crippen molar-refractivity contribution in [2.45, 2.75) is 6.18 Å². The maximum Gasteiger partial charge on any atom is 0.416 e. The number of nitrogens with zero attached hydrogens (tertiary/aromatic N) is 1. The summed E-state index contributed by atoms with van der Waals surface area (Å²) in [5, 5.41) is 3.31. The number of nitrogens with one attached hydrogen (secondary N) is 1. The third-order valence-corrected chi connectivity index (χ3v) is 2.34. The number of aromatic nitrogens is 1. The van der Waals surface area contributed by atoms with E-state index in [2.05, 4.69) is 10.3 Å². The molecule has 0 atom stereocenters. The summed E-state index contributed by atoms with van der Waals surface area (Å²) in [6, 6.07) is 5.16. The summed E-state index contributed by atoms with van der Waals surface area (Å²) < 4.78 is 37.5. The number of hydrogen-bond acceptors (Lipinski definition) is 2. The van der Waals surface area contributed by atoms with Crippen molar-refractivity contribution >= 4 is 16.6 Å². The van der Waals surface area contributed by atoms with E-state index in [1.54, 1.807) is 19.3 Å². The van der Waals surface area contributed by atoms with Gasteiger partial charge in [-0.15, -0.1) is 0 Å². The number of fused-ring (bicyclic) bond motifs is 1. The molecule has 0 bridgehead atoms. The summed E-state index contributed by atoms with van der Waals surface area (Å²) in [5.74, 6) is 0. The smallest absolute Gasteiger partial charge is 0.388 e. The molecule has 2 rings (SSSR count). The highest BCUT2D eigenvalue weighted by Gasteiger charge is 2.30. The quantitative estimate of drug-likeness (QED) is 0.807. The Morgan fingerprint density at radius 1 is 1.19 bits per heavy atom. The van der Waals surface area contributed by atoms with Gasteiger partial charge in [0, 0.05) is 24.3 Å². The molecule has 0 unspecified atom stereocenters. The Morgan fingerprint density at radius 2 is 1.94 bits per heavy atom. The van der Waals surface area contributed by atoms with Crippen LogP contribution in [0.5, 0.6) is 0 Å². The summed E-state index contributed by atoms with van der Waals surface area (Å²) >= 11 is 0. The molecule has 0 aliphatic heterocycles. The van der Waals surface area contributed by atoms with E-state index in [0.717, 1.165) is 12.1 Å². The average Bonchev–Trinajstić information content (AvgIpc) is 2.26. The molecular weight excluding hydrogens is 217 g/mol. The topological polar surface area (TPSA) is 24.9 Å². The first-order valence-corrected chi connectivity index (χ1v) is 4.66. The van der Waals surface area contributed by atoms with Gasteiger partial charge in [-0.05, 0) is 24.3 Å². The second kappa shape index (κ2) is 3.66.